The second-order valence-electron chi connectivity index (χ2n) is 6.31. The lowest BCUT2D eigenvalue weighted by atomic mass is 10.1. The summed E-state index contributed by atoms with van der Waals surface area (Å²) in [5, 5.41) is 7.41. The molecule has 0 spiro atoms. The van der Waals surface area contributed by atoms with Crippen LogP contribution in [0.2, 0.25) is 0 Å². The first kappa shape index (κ1) is 17.2. The average Bonchev–Trinajstić information content (AvgIpc) is 2.73. The van der Waals surface area contributed by atoms with E-state index in [9.17, 15) is 9.59 Å². The number of aromatic nitrogens is 2. The van der Waals surface area contributed by atoms with Crippen LogP contribution >= 0.6 is 0 Å². The Morgan fingerprint density at radius 2 is 1.89 bits per heavy atom. The van der Waals surface area contributed by atoms with Crippen molar-refractivity contribution < 1.29 is 14.3 Å². The molecular weight excluding hydrogens is 346 g/mol. The van der Waals surface area contributed by atoms with Gasteiger partial charge < -0.3 is 14.4 Å². The van der Waals surface area contributed by atoms with Gasteiger partial charge in [-0.3, -0.25) is 9.59 Å². The third kappa shape index (κ3) is 3.68. The van der Waals surface area contributed by atoms with Crippen molar-refractivity contribution in [1.82, 2.24) is 15.1 Å². The van der Waals surface area contributed by atoms with Crippen molar-refractivity contribution in [2.45, 2.75) is 6.10 Å². The zero-order valence-electron chi connectivity index (χ0n) is 14.6. The Hall–Kier alpha value is -3.19. The van der Waals surface area contributed by atoms with Crippen LogP contribution in [-0.2, 0) is 4.74 Å². The largest absolute Gasteiger partial charge is 0.491 e. The van der Waals surface area contributed by atoms with E-state index in [1.165, 1.54) is 0 Å². The molecule has 1 amide bonds. The maximum absolute atomic E-state index is 13.0. The highest BCUT2D eigenvalue weighted by molar-refractivity contribution is 6.04. The topological polar surface area (TPSA) is 84.5 Å². The van der Waals surface area contributed by atoms with Crippen molar-refractivity contribution in [1.29, 1.82) is 0 Å². The summed E-state index contributed by atoms with van der Waals surface area (Å²) in [6.45, 7) is 1.65. The summed E-state index contributed by atoms with van der Waals surface area (Å²) < 4.78 is 11.5. The first-order chi connectivity index (χ1) is 13.2. The SMILES string of the molecule is O=C(c1n[nH]c(=O)c2ccccc12)N1CCO[C@H](COc2ccccc2)C1. The van der Waals surface area contributed by atoms with Gasteiger partial charge in [-0.05, 0) is 18.2 Å². The number of carbonyl (C=O) groups is 1. The molecule has 0 bridgehead atoms. The van der Waals surface area contributed by atoms with Crippen molar-refractivity contribution in [2.24, 2.45) is 0 Å². The molecule has 2 heterocycles. The first-order valence-electron chi connectivity index (χ1n) is 8.78. The van der Waals surface area contributed by atoms with E-state index >= 15 is 0 Å². The lowest BCUT2D eigenvalue weighted by molar-refractivity contribution is -0.0402. The van der Waals surface area contributed by atoms with Gasteiger partial charge in [0.15, 0.2) is 5.69 Å². The molecule has 0 aliphatic carbocycles. The summed E-state index contributed by atoms with van der Waals surface area (Å²) in [7, 11) is 0. The molecule has 1 aromatic heterocycles. The van der Waals surface area contributed by atoms with Crippen LogP contribution < -0.4 is 10.3 Å². The maximum Gasteiger partial charge on any atom is 0.275 e. The number of nitrogens with zero attached hydrogens (tertiary/aromatic N) is 2. The van der Waals surface area contributed by atoms with E-state index in [4.69, 9.17) is 9.47 Å². The second-order valence-corrected chi connectivity index (χ2v) is 6.31. The number of para-hydroxylation sites is 1. The average molecular weight is 365 g/mol. The van der Waals surface area contributed by atoms with Gasteiger partial charge in [0.1, 0.15) is 18.5 Å². The Balaban J connectivity index is 1.49. The number of nitrogens with one attached hydrogen (secondary N) is 1. The van der Waals surface area contributed by atoms with Gasteiger partial charge in [-0.1, -0.05) is 36.4 Å². The van der Waals surface area contributed by atoms with E-state index in [0.717, 1.165) is 5.75 Å². The summed E-state index contributed by atoms with van der Waals surface area (Å²) in [5.41, 5.74) is -0.0620. The third-order valence-corrected chi connectivity index (χ3v) is 4.50. The van der Waals surface area contributed by atoms with Gasteiger partial charge in [0.05, 0.1) is 18.5 Å². The first-order valence-corrected chi connectivity index (χ1v) is 8.78. The Bertz CT molecular complexity index is 1000. The van der Waals surface area contributed by atoms with Crippen LogP contribution in [0, 0.1) is 0 Å². The van der Waals surface area contributed by atoms with Crippen LogP contribution in [0.1, 0.15) is 10.5 Å². The van der Waals surface area contributed by atoms with Gasteiger partial charge in [-0.25, -0.2) is 5.10 Å². The van der Waals surface area contributed by atoms with Gasteiger partial charge in [0.2, 0.25) is 0 Å². The molecule has 0 saturated carbocycles. The molecule has 7 nitrogen and oxygen atoms in total. The van der Waals surface area contributed by atoms with E-state index in [0.29, 0.717) is 37.1 Å². The quantitative estimate of drug-likeness (QED) is 0.763. The number of hydrogen-bond acceptors (Lipinski definition) is 5. The predicted molar refractivity (Wildman–Crippen MR) is 99.9 cm³/mol. The highest BCUT2D eigenvalue weighted by atomic mass is 16.5. The number of benzene rings is 2. The smallest absolute Gasteiger partial charge is 0.275 e. The van der Waals surface area contributed by atoms with Crippen LogP contribution in [0.25, 0.3) is 10.8 Å². The normalized spacial score (nSPS) is 17.0. The molecule has 1 aliphatic rings. The lowest BCUT2D eigenvalue weighted by Crippen LogP contribution is -2.48. The fourth-order valence-electron chi connectivity index (χ4n) is 3.14. The molecule has 138 valence electrons. The molecule has 3 aromatic rings. The van der Waals surface area contributed by atoms with Crippen molar-refractivity contribution in [3.63, 3.8) is 0 Å². The van der Waals surface area contributed by atoms with Crippen LogP contribution in [0.3, 0.4) is 0 Å². The minimum absolute atomic E-state index is 0.225. The maximum atomic E-state index is 13.0. The molecule has 1 N–H and O–H groups in total. The van der Waals surface area contributed by atoms with E-state index in [2.05, 4.69) is 10.2 Å². The Labute approximate surface area is 155 Å². The minimum atomic E-state index is -0.307. The number of hydrogen-bond donors (Lipinski definition) is 1. The fraction of sp³-hybridized carbons (Fsp3) is 0.250. The van der Waals surface area contributed by atoms with Crippen LogP contribution in [-0.4, -0.2) is 53.4 Å². The molecule has 7 heteroatoms. The van der Waals surface area contributed by atoms with Gasteiger partial charge in [-0.2, -0.15) is 5.10 Å². The third-order valence-electron chi connectivity index (χ3n) is 4.50. The van der Waals surface area contributed by atoms with Gasteiger partial charge in [-0.15, -0.1) is 0 Å². The van der Waals surface area contributed by atoms with Gasteiger partial charge >= 0.3 is 0 Å². The number of fused-ring (bicyclic) bond motifs is 1. The molecule has 4 rings (SSSR count). The lowest BCUT2D eigenvalue weighted by Gasteiger charge is -2.32. The zero-order chi connectivity index (χ0) is 18.6. The van der Waals surface area contributed by atoms with Gasteiger partial charge in [0.25, 0.3) is 11.5 Å². The van der Waals surface area contributed by atoms with Crippen molar-refractivity contribution in [3.05, 3.63) is 70.6 Å². The number of ether oxygens (including phenoxy) is 2. The summed E-state index contributed by atoms with van der Waals surface area (Å²) in [6, 6.07) is 16.5. The molecule has 2 aromatic carbocycles. The summed E-state index contributed by atoms with van der Waals surface area (Å²) >= 11 is 0. The monoisotopic (exact) mass is 365 g/mol. The zero-order valence-corrected chi connectivity index (χ0v) is 14.6. The fourth-order valence-corrected chi connectivity index (χ4v) is 3.14. The minimum Gasteiger partial charge on any atom is -0.491 e. The van der Waals surface area contributed by atoms with E-state index in [1.54, 1.807) is 29.2 Å². The second kappa shape index (κ2) is 7.59. The molecule has 0 unspecified atom stereocenters. The van der Waals surface area contributed by atoms with E-state index < -0.39 is 0 Å². The molecule has 0 radical (unpaired) electrons. The number of rotatable bonds is 4. The summed E-state index contributed by atoms with van der Waals surface area (Å²) in [4.78, 5) is 26.6. The number of H-pyrrole nitrogens is 1. The molecule has 27 heavy (non-hydrogen) atoms. The Morgan fingerprint density at radius 3 is 2.70 bits per heavy atom. The highest BCUT2D eigenvalue weighted by Crippen LogP contribution is 2.17. The van der Waals surface area contributed by atoms with Crippen LogP contribution in [0.5, 0.6) is 5.75 Å². The predicted octanol–water partition coefficient (Wildman–Crippen LogP) is 1.84. The van der Waals surface area contributed by atoms with Gasteiger partial charge in [0, 0.05) is 11.9 Å². The van der Waals surface area contributed by atoms with Crippen molar-refractivity contribution in [2.75, 3.05) is 26.3 Å². The van der Waals surface area contributed by atoms with Crippen LogP contribution in [0.4, 0.5) is 0 Å². The number of carbonyl (C=O) groups excluding carboxylic acids is 1. The number of amides is 1. The molecule has 1 fully saturated rings. The number of aromatic amines is 1. The standard InChI is InChI=1S/C20H19N3O4/c24-19-17-9-5-4-8-16(17)18(21-22-19)20(25)23-10-11-26-15(12-23)13-27-14-6-2-1-3-7-14/h1-9,15H,10-13H2,(H,22,24)/t15-/m0/s1. The molecular formula is C20H19N3O4. The Morgan fingerprint density at radius 1 is 1.15 bits per heavy atom. The van der Waals surface area contributed by atoms with Crippen LogP contribution in [0.15, 0.2) is 59.4 Å². The van der Waals surface area contributed by atoms with Crippen molar-refractivity contribution >= 4 is 16.7 Å². The molecule has 1 atom stereocenters. The van der Waals surface area contributed by atoms with Crippen molar-refractivity contribution in [3.8, 4) is 5.75 Å². The van der Waals surface area contributed by atoms with E-state index in [-0.39, 0.29) is 23.3 Å². The summed E-state index contributed by atoms with van der Waals surface area (Å²) in [6.07, 6.45) is -0.225. The van der Waals surface area contributed by atoms with E-state index in [1.807, 2.05) is 30.3 Å². The number of morpholine rings is 1. The molecule has 1 saturated heterocycles. The summed E-state index contributed by atoms with van der Waals surface area (Å²) in [5.74, 6) is 0.535. The highest BCUT2D eigenvalue weighted by Gasteiger charge is 2.27. The molecule has 1 aliphatic heterocycles. The Kier molecular flexibility index (Phi) is 4.84.